The number of thiazole rings is 1. The molecule has 0 unspecified atom stereocenters. The van der Waals surface area contributed by atoms with E-state index in [1.54, 1.807) is 18.0 Å². The summed E-state index contributed by atoms with van der Waals surface area (Å²) in [5.41, 5.74) is 2.25. The van der Waals surface area contributed by atoms with Crippen molar-refractivity contribution >= 4 is 17.1 Å². The third-order valence-corrected chi connectivity index (χ3v) is 2.06. The van der Waals surface area contributed by atoms with Gasteiger partial charge in [0, 0.05) is 25.5 Å². The zero-order valence-corrected chi connectivity index (χ0v) is 7.76. The zero-order valence-electron chi connectivity index (χ0n) is 6.95. The summed E-state index contributed by atoms with van der Waals surface area (Å²) >= 11 is 1.44. The predicted molar refractivity (Wildman–Crippen MR) is 47.6 cm³/mol. The van der Waals surface area contributed by atoms with E-state index in [0.717, 1.165) is 6.42 Å². The Balaban J connectivity index is 2.30. The molecule has 1 aromatic rings. The normalized spacial score (nSPS) is 10.1. The van der Waals surface area contributed by atoms with Crippen LogP contribution in [0.15, 0.2) is 10.9 Å². The van der Waals surface area contributed by atoms with E-state index in [-0.39, 0.29) is 5.78 Å². The van der Waals surface area contributed by atoms with Crippen LogP contribution in [0.3, 0.4) is 0 Å². The summed E-state index contributed by atoms with van der Waals surface area (Å²) in [7, 11) is 1.63. The molecule has 1 aromatic heterocycles. The van der Waals surface area contributed by atoms with Crippen LogP contribution < -0.4 is 0 Å². The molecule has 0 aliphatic heterocycles. The number of ketones is 1. The van der Waals surface area contributed by atoms with Gasteiger partial charge in [0.25, 0.3) is 0 Å². The third-order valence-electron chi connectivity index (χ3n) is 1.47. The lowest BCUT2D eigenvalue weighted by molar-refractivity contribution is 0.0959. The molecule has 3 nitrogen and oxygen atoms in total. The fourth-order valence-electron chi connectivity index (χ4n) is 0.855. The number of nitrogens with zero attached hydrogens (tertiary/aromatic N) is 1. The van der Waals surface area contributed by atoms with Crippen molar-refractivity contribution in [2.45, 2.75) is 12.8 Å². The second-order valence-corrected chi connectivity index (χ2v) is 3.11. The molecule has 0 radical (unpaired) electrons. The second-order valence-electron chi connectivity index (χ2n) is 2.39. The number of carbonyl (C=O) groups is 1. The van der Waals surface area contributed by atoms with Gasteiger partial charge in [-0.25, -0.2) is 4.98 Å². The fraction of sp³-hybridized carbons (Fsp3) is 0.500. The highest BCUT2D eigenvalue weighted by molar-refractivity contribution is 7.07. The van der Waals surface area contributed by atoms with Gasteiger partial charge in [-0.15, -0.1) is 11.3 Å². The maximum absolute atomic E-state index is 11.3. The van der Waals surface area contributed by atoms with Crippen molar-refractivity contribution in [3.8, 4) is 0 Å². The predicted octanol–water partition coefficient (Wildman–Crippen LogP) is 1.75. The molecule has 1 heterocycles. The van der Waals surface area contributed by atoms with Gasteiger partial charge in [0.15, 0.2) is 5.78 Å². The lowest BCUT2D eigenvalue weighted by atomic mass is 10.2. The van der Waals surface area contributed by atoms with Gasteiger partial charge in [0.2, 0.25) is 0 Å². The molecule has 0 fully saturated rings. The van der Waals surface area contributed by atoms with Crippen molar-refractivity contribution in [1.82, 2.24) is 4.98 Å². The molecule has 0 amide bonds. The van der Waals surface area contributed by atoms with Crippen LogP contribution in [-0.2, 0) is 4.74 Å². The SMILES string of the molecule is COCCCC(=O)c1cscn1. The van der Waals surface area contributed by atoms with Crippen molar-refractivity contribution in [3.63, 3.8) is 0 Å². The Bertz CT molecular complexity index is 233. The lowest BCUT2D eigenvalue weighted by Crippen LogP contribution is -2.01. The molecule has 0 saturated heterocycles. The zero-order chi connectivity index (χ0) is 8.81. The van der Waals surface area contributed by atoms with E-state index in [1.807, 2.05) is 0 Å². The smallest absolute Gasteiger partial charge is 0.182 e. The molecule has 0 spiro atoms. The first-order valence-electron chi connectivity index (χ1n) is 3.75. The first-order chi connectivity index (χ1) is 5.84. The highest BCUT2D eigenvalue weighted by atomic mass is 32.1. The Labute approximate surface area is 75.4 Å². The molecule has 0 saturated carbocycles. The van der Waals surface area contributed by atoms with E-state index in [9.17, 15) is 4.79 Å². The van der Waals surface area contributed by atoms with Gasteiger partial charge in [-0.3, -0.25) is 4.79 Å². The average Bonchev–Trinajstić information content (AvgIpc) is 2.56. The summed E-state index contributed by atoms with van der Waals surface area (Å²) in [6.07, 6.45) is 1.30. The summed E-state index contributed by atoms with van der Waals surface area (Å²) < 4.78 is 4.84. The Hall–Kier alpha value is -0.740. The summed E-state index contributed by atoms with van der Waals surface area (Å²) in [4.78, 5) is 15.2. The lowest BCUT2D eigenvalue weighted by Gasteiger charge is -1.96. The number of hydrogen-bond donors (Lipinski definition) is 0. The summed E-state index contributed by atoms with van der Waals surface area (Å²) in [5, 5.41) is 1.77. The van der Waals surface area contributed by atoms with E-state index in [1.165, 1.54) is 11.3 Å². The quantitative estimate of drug-likeness (QED) is 0.518. The standard InChI is InChI=1S/C8H11NO2S/c1-11-4-2-3-8(10)7-5-12-6-9-7/h5-6H,2-4H2,1H3. The topological polar surface area (TPSA) is 39.2 Å². The van der Waals surface area contributed by atoms with Gasteiger partial charge in [-0.2, -0.15) is 0 Å². The van der Waals surface area contributed by atoms with E-state index in [0.29, 0.717) is 18.7 Å². The Morgan fingerprint density at radius 1 is 1.75 bits per heavy atom. The number of methoxy groups -OCH3 is 1. The monoisotopic (exact) mass is 185 g/mol. The summed E-state index contributed by atoms with van der Waals surface area (Å²) in [6.45, 7) is 0.635. The highest BCUT2D eigenvalue weighted by Crippen LogP contribution is 2.05. The molecule has 0 atom stereocenters. The van der Waals surface area contributed by atoms with Gasteiger partial charge in [0.05, 0.1) is 5.51 Å². The van der Waals surface area contributed by atoms with Gasteiger partial charge in [-0.1, -0.05) is 0 Å². The van der Waals surface area contributed by atoms with Crippen LogP contribution in [0.2, 0.25) is 0 Å². The fourth-order valence-corrected chi connectivity index (χ4v) is 1.41. The van der Waals surface area contributed by atoms with Gasteiger partial charge < -0.3 is 4.74 Å². The van der Waals surface area contributed by atoms with Gasteiger partial charge in [0.1, 0.15) is 5.69 Å². The van der Waals surface area contributed by atoms with E-state index in [2.05, 4.69) is 4.98 Å². The van der Waals surface area contributed by atoms with E-state index < -0.39 is 0 Å². The second kappa shape index (κ2) is 5.00. The molecular weight excluding hydrogens is 174 g/mol. The number of aromatic nitrogens is 1. The minimum absolute atomic E-state index is 0.105. The number of Topliss-reactive ketones (excluding diaryl/α,β-unsaturated/α-hetero) is 1. The van der Waals surface area contributed by atoms with Gasteiger partial charge in [-0.05, 0) is 6.42 Å². The van der Waals surface area contributed by atoms with Crippen molar-refractivity contribution in [1.29, 1.82) is 0 Å². The van der Waals surface area contributed by atoms with Crippen molar-refractivity contribution in [3.05, 3.63) is 16.6 Å². The molecule has 0 aromatic carbocycles. The number of hydrogen-bond acceptors (Lipinski definition) is 4. The first-order valence-corrected chi connectivity index (χ1v) is 4.69. The number of carbonyl (C=O) groups excluding carboxylic acids is 1. The Morgan fingerprint density at radius 3 is 3.17 bits per heavy atom. The number of rotatable bonds is 5. The maximum Gasteiger partial charge on any atom is 0.182 e. The first kappa shape index (κ1) is 9.35. The van der Waals surface area contributed by atoms with Crippen LogP contribution in [0.5, 0.6) is 0 Å². The Kier molecular flexibility index (Phi) is 3.90. The van der Waals surface area contributed by atoms with Crippen molar-refractivity contribution in [2.75, 3.05) is 13.7 Å². The number of ether oxygens (including phenoxy) is 1. The van der Waals surface area contributed by atoms with Gasteiger partial charge >= 0.3 is 0 Å². The van der Waals surface area contributed by atoms with Crippen LogP contribution in [-0.4, -0.2) is 24.5 Å². The van der Waals surface area contributed by atoms with E-state index >= 15 is 0 Å². The van der Waals surface area contributed by atoms with Crippen LogP contribution >= 0.6 is 11.3 Å². The Morgan fingerprint density at radius 2 is 2.58 bits per heavy atom. The van der Waals surface area contributed by atoms with Crippen LogP contribution in [0.4, 0.5) is 0 Å². The highest BCUT2D eigenvalue weighted by Gasteiger charge is 2.06. The average molecular weight is 185 g/mol. The molecule has 0 N–H and O–H groups in total. The van der Waals surface area contributed by atoms with Crippen molar-refractivity contribution in [2.24, 2.45) is 0 Å². The molecule has 0 aliphatic carbocycles. The molecule has 12 heavy (non-hydrogen) atoms. The van der Waals surface area contributed by atoms with Crippen LogP contribution in [0.1, 0.15) is 23.3 Å². The molecule has 0 aliphatic rings. The molecule has 1 rings (SSSR count). The van der Waals surface area contributed by atoms with Crippen LogP contribution in [0.25, 0.3) is 0 Å². The summed E-state index contributed by atoms with van der Waals surface area (Å²) in [6, 6.07) is 0. The third kappa shape index (κ3) is 2.71. The van der Waals surface area contributed by atoms with Crippen molar-refractivity contribution < 1.29 is 9.53 Å². The molecule has 66 valence electrons. The molecular formula is C8H11NO2S. The maximum atomic E-state index is 11.3. The largest absolute Gasteiger partial charge is 0.385 e. The van der Waals surface area contributed by atoms with Crippen LogP contribution in [0, 0.1) is 0 Å². The minimum Gasteiger partial charge on any atom is -0.385 e. The van der Waals surface area contributed by atoms with E-state index in [4.69, 9.17) is 4.74 Å². The minimum atomic E-state index is 0.105. The molecule has 4 heteroatoms. The molecule has 0 bridgehead atoms. The summed E-state index contributed by atoms with van der Waals surface area (Å²) in [5.74, 6) is 0.105.